The molecule has 0 amide bonds. The average Bonchev–Trinajstić information content (AvgIpc) is 2.99. The smallest absolute Gasteiger partial charge is 0.276 e. The van der Waals surface area contributed by atoms with Gasteiger partial charge in [-0.15, -0.1) is 5.10 Å². The lowest BCUT2D eigenvalue weighted by Crippen LogP contribution is -2.17. The van der Waals surface area contributed by atoms with Gasteiger partial charge in [-0.05, 0) is 24.8 Å². The number of thioether (sulfide) groups is 1. The molecule has 0 fully saturated rings. The second-order valence-electron chi connectivity index (χ2n) is 4.79. The van der Waals surface area contributed by atoms with Crippen molar-refractivity contribution in [2.75, 3.05) is 5.75 Å². The Labute approximate surface area is 122 Å². The highest BCUT2D eigenvalue weighted by molar-refractivity contribution is 7.99. The second-order valence-corrected chi connectivity index (χ2v) is 5.85. The van der Waals surface area contributed by atoms with Crippen molar-refractivity contribution in [1.82, 2.24) is 24.5 Å². The van der Waals surface area contributed by atoms with Crippen LogP contribution in [0.5, 0.6) is 0 Å². The van der Waals surface area contributed by atoms with Gasteiger partial charge in [-0.25, -0.2) is 9.89 Å². The number of nitrogens with one attached hydrogen (secondary N) is 1. The molecule has 6 nitrogen and oxygen atoms in total. The Balaban J connectivity index is 1.80. The minimum atomic E-state index is -0.104. The molecule has 0 aliphatic carbocycles. The minimum Gasteiger partial charge on any atom is -0.276 e. The van der Waals surface area contributed by atoms with E-state index in [1.165, 1.54) is 5.56 Å². The van der Waals surface area contributed by atoms with E-state index in [0.717, 1.165) is 43.1 Å². The molecule has 0 saturated carbocycles. The van der Waals surface area contributed by atoms with Crippen LogP contribution >= 0.6 is 11.8 Å². The Morgan fingerprint density at radius 3 is 2.95 bits per heavy atom. The van der Waals surface area contributed by atoms with Gasteiger partial charge >= 0.3 is 5.69 Å². The first-order chi connectivity index (χ1) is 9.70. The lowest BCUT2D eigenvalue weighted by molar-refractivity contribution is 0.573. The molecule has 0 bridgehead atoms. The maximum atomic E-state index is 11.6. The van der Waals surface area contributed by atoms with Crippen LogP contribution in [0.15, 0.2) is 22.3 Å². The fourth-order valence-corrected chi connectivity index (χ4v) is 2.88. The van der Waals surface area contributed by atoms with Crippen LogP contribution in [-0.4, -0.2) is 30.3 Å². The second kappa shape index (κ2) is 7.33. The first-order valence-electron chi connectivity index (χ1n) is 6.96. The zero-order valence-electron chi connectivity index (χ0n) is 12.0. The van der Waals surface area contributed by atoms with Crippen LogP contribution in [0.3, 0.4) is 0 Å². The molecule has 2 rings (SSSR count). The average molecular weight is 295 g/mol. The first kappa shape index (κ1) is 14.9. The standard InChI is InChI=1S/C13H21N5OS/c1-3-4-7-18-12(19)15-16-13(18)20-8-5-6-11-9-14-17(2)10-11/h9-10H,3-8H2,1-2H3,(H,15,19). The quantitative estimate of drug-likeness (QED) is 0.596. The molecule has 0 unspecified atom stereocenters. The number of nitrogens with zero attached hydrogens (tertiary/aromatic N) is 4. The number of hydrogen-bond acceptors (Lipinski definition) is 4. The SMILES string of the molecule is CCCCn1c(SCCCc2cnn(C)c2)n[nH]c1=O. The van der Waals surface area contributed by atoms with E-state index in [0.29, 0.717) is 0 Å². The van der Waals surface area contributed by atoms with Crippen molar-refractivity contribution in [1.29, 1.82) is 0 Å². The van der Waals surface area contributed by atoms with Crippen LogP contribution in [-0.2, 0) is 20.0 Å². The zero-order valence-corrected chi connectivity index (χ0v) is 12.8. The van der Waals surface area contributed by atoms with Crippen molar-refractivity contribution in [3.63, 3.8) is 0 Å². The highest BCUT2D eigenvalue weighted by Gasteiger charge is 2.08. The van der Waals surface area contributed by atoms with Crippen molar-refractivity contribution in [3.8, 4) is 0 Å². The highest BCUT2D eigenvalue weighted by Crippen LogP contribution is 2.16. The number of aryl methyl sites for hydroxylation is 2. The molecule has 0 aliphatic rings. The Morgan fingerprint density at radius 1 is 1.40 bits per heavy atom. The van der Waals surface area contributed by atoms with Gasteiger partial charge in [0.1, 0.15) is 0 Å². The number of aromatic nitrogens is 5. The van der Waals surface area contributed by atoms with E-state index in [1.807, 2.05) is 24.1 Å². The molecule has 7 heteroatoms. The third-order valence-electron chi connectivity index (χ3n) is 3.06. The molecule has 0 aliphatic heterocycles. The molecule has 0 aromatic carbocycles. The van der Waals surface area contributed by atoms with Gasteiger partial charge in [0.25, 0.3) is 0 Å². The van der Waals surface area contributed by atoms with Crippen LogP contribution < -0.4 is 5.69 Å². The summed E-state index contributed by atoms with van der Waals surface area (Å²) in [4.78, 5) is 11.6. The Kier molecular flexibility index (Phi) is 5.46. The van der Waals surface area contributed by atoms with E-state index < -0.39 is 0 Å². The fraction of sp³-hybridized carbons (Fsp3) is 0.615. The van der Waals surface area contributed by atoms with E-state index in [-0.39, 0.29) is 5.69 Å². The molecular formula is C13H21N5OS. The third kappa shape index (κ3) is 4.00. The first-order valence-corrected chi connectivity index (χ1v) is 7.94. The van der Waals surface area contributed by atoms with Gasteiger partial charge in [0.15, 0.2) is 5.16 Å². The summed E-state index contributed by atoms with van der Waals surface area (Å²) in [5, 5.41) is 11.6. The summed E-state index contributed by atoms with van der Waals surface area (Å²) in [6.45, 7) is 2.86. The van der Waals surface area contributed by atoms with Gasteiger partial charge in [-0.1, -0.05) is 25.1 Å². The molecule has 20 heavy (non-hydrogen) atoms. The maximum Gasteiger partial charge on any atom is 0.343 e. The summed E-state index contributed by atoms with van der Waals surface area (Å²) >= 11 is 1.64. The van der Waals surface area contributed by atoms with Gasteiger partial charge in [0.05, 0.1) is 6.20 Å². The number of unbranched alkanes of at least 4 members (excludes halogenated alkanes) is 1. The van der Waals surface area contributed by atoms with Gasteiger partial charge in [-0.3, -0.25) is 9.25 Å². The molecule has 0 spiro atoms. The lowest BCUT2D eigenvalue weighted by atomic mass is 10.2. The Hall–Kier alpha value is -1.50. The van der Waals surface area contributed by atoms with Crippen molar-refractivity contribution in [3.05, 3.63) is 28.4 Å². The summed E-state index contributed by atoms with van der Waals surface area (Å²) in [5.41, 5.74) is 1.15. The monoisotopic (exact) mass is 295 g/mol. The molecule has 0 radical (unpaired) electrons. The van der Waals surface area contributed by atoms with Crippen LogP contribution in [0, 0.1) is 0 Å². The molecule has 2 heterocycles. The molecule has 1 N–H and O–H groups in total. The number of H-pyrrole nitrogens is 1. The number of rotatable bonds is 8. The number of aromatic amines is 1. The van der Waals surface area contributed by atoms with Gasteiger partial charge < -0.3 is 0 Å². The Morgan fingerprint density at radius 2 is 2.25 bits per heavy atom. The predicted molar refractivity (Wildman–Crippen MR) is 80.0 cm³/mol. The Bertz CT molecular complexity index is 586. The summed E-state index contributed by atoms with van der Waals surface area (Å²) in [5.74, 6) is 0.950. The molecular weight excluding hydrogens is 274 g/mol. The molecule has 2 aromatic heterocycles. The number of hydrogen-bond donors (Lipinski definition) is 1. The van der Waals surface area contributed by atoms with Crippen LogP contribution in [0.1, 0.15) is 31.7 Å². The topological polar surface area (TPSA) is 68.5 Å². The maximum absolute atomic E-state index is 11.6. The molecule has 2 aromatic rings. The fourth-order valence-electron chi connectivity index (χ4n) is 1.97. The van der Waals surface area contributed by atoms with E-state index in [4.69, 9.17) is 0 Å². The minimum absolute atomic E-state index is 0.104. The van der Waals surface area contributed by atoms with Gasteiger partial charge in [0.2, 0.25) is 0 Å². The third-order valence-corrected chi connectivity index (χ3v) is 4.12. The van der Waals surface area contributed by atoms with Gasteiger partial charge in [-0.2, -0.15) is 5.10 Å². The highest BCUT2D eigenvalue weighted by atomic mass is 32.2. The van der Waals surface area contributed by atoms with Crippen molar-refractivity contribution >= 4 is 11.8 Å². The predicted octanol–water partition coefficient (Wildman–Crippen LogP) is 1.83. The lowest BCUT2D eigenvalue weighted by Gasteiger charge is -2.03. The summed E-state index contributed by atoms with van der Waals surface area (Å²) in [7, 11) is 1.92. The van der Waals surface area contributed by atoms with E-state index >= 15 is 0 Å². The summed E-state index contributed by atoms with van der Waals surface area (Å²) in [6.07, 6.45) is 8.06. The molecule has 0 atom stereocenters. The van der Waals surface area contributed by atoms with Crippen molar-refractivity contribution in [2.24, 2.45) is 7.05 Å². The van der Waals surface area contributed by atoms with Gasteiger partial charge in [0, 0.05) is 25.5 Å². The molecule has 110 valence electrons. The van der Waals surface area contributed by atoms with Crippen LogP contribution in [0.25, 0.3) is 0 Å². The molecule has 0 saturated heterocycles. The van der Waals surface area contributed by atoms with E-state index in [9.17, 15) is 4.79 Å². The zero-order chi connectivity index (χ0) is 14.4. The van der Waals surface area contributed by atoms with Crippen LogP contribution in [0.2, 0.25) is 0 Å². The van der Waals surface area contributed by atoms with Crippen molar-refractivity contribution < 1.29 is 0 Å². The van der Waals surface area contributed by atoms with E-state index in [2.05, 4.69) is 22.2 Å². The largest absolute Gasteiger partial charge is 0.343 e. The van der Waals surface area contributed by atoms with Crippen molar-refractivity contribution in [2.45, 2.75) is 44.3 Å². The van der Waals surface area contributed by atoms with E-state index in [1.54, 1.807) is 16.3 Å². The summed E-state index contributed by atoms with van der Waals surface area (Å²) in [6, 6.07) is 0. The normalized spacial score (nSPS) is 11.1. The van der Waals surface area contributed by atoms with Crippen LogP contribution in [0.4, 0.5) is 0 Å². The summed E-state index contributed by atoms with van der Waals surface area (Å²) < 4.78 is 3.55.